The SMILES string of the molecule is CCCCCNc1ccc(Cl)c(-n2nc(CCCC)n(Cc3ccc(-c4cc(CC)ccc4S(=O)(=O)NC(=O)c4ccccc4Cl)cc3)c2=O)c1. The summed E-state index contributed by atoms with van der Waals surface area (Å²) in [6, 6.07) is 24.3. The average Bonchev–Trinajstić information content (AvgIpc) is 3.43. The van der Waals surface area contributed by atoms with Gasteiger partial charge in [0.25, 0.3) is 15.9 Å². The maximum Gasteiger partial charge on any atom is 0.351 e. The lowest BCUT2D eigenvalue weighted by atomic mass is 10.0. The van der Waals surface area contributed by atoms with Gasteiger partial charge in [0.1, 0.15) is 5.82 Å². The quantitative estimate of drug-likeness (QED) is 0.0977. The topological polar surface area (TPSA) is 115 Å². The van der Waals surface area contributed by atoms with Gasteiger partial charge < -0.3 is 5.32 Å². The molecule has 0 unspecified atom stereocenters. The third-order valence-electron chi connectivity index (χ3n) is 8.67. The van der Waals surface area contributed by atoms with E-state index in [1.54, 1.807) is 28.8 Å². The van der Waals surface area contributed by atoms with E-state index in [0.29, 0.717) is 40.5 Å². The summed E-state index contributed by atoms with van der Waals surface area (Å²) >= 11 is 12.8. The fourth-order valence-electron chi connectivity index (χ4n) is 5.77. The molecule has 0 fully saturated rings. The molecule has 51 heavy (non-hydrogen) atoms. The molecule has 0 saturated heterocycles. The van der Waals surface area contributed by atoms with Crippen LogP contribution in [-0.2, 0) is 29.4 Å². The number of benzene rings is 4. The molecule has 0 saturated carbocycles. The second-order valence-corrected chi connectivity index (χ2v) is 14.9. The zero-order chi connectivity index (χ0) is 36.5. The number of amides is 1. The molecule has 9 nitrogen and oxygen atoms in total. The number of sulfonamides is 1. The molecule has 5 aromatic rings. The lowest BCUT2D eigenvalue weighted by Crippen LogP contribution is -2.31. The number of aromatic nitrogens is 3. The average molecular weight is 749 g/mol. The monoisotopic (exact) mass is 747 g/mol. The van der Waals surface area contributed by atoms with Gasteiger partial charge in [0.05, 0.1) is 32.7 Å². The van der Waals surface area contributed by atoms with Crippen LogP contribution in [0.1, 0.15) is 80.2 Å². The summed E-state index contributed by atoms with van der Waals surface area (Å²) in [4.78, 5) is 26.8. The molecule has 4 aromatic carbocycles. The Morgan fingerprint density at radius 3 is 2.25 bits per heavy atom. The predicted octanol–water partition coefficient (Wildman–Crippen LogP) is 8.68. The highest BCUT2D eigenvalue weighted by Gasteiger charge is 2.24. The molecule has 1 aromatic heterocycles. The summed E-state index contributed by atoms with van der Waals surface area (Å²) in [5, 5.41) is 8.74. The third-order valence-corrected chi connectivity index (χ3v) is 10.7. The molecular weight excluding hydrogens is 705 g/mol. The number of anilines is 1. The Balaban J connectivity index is 1.45. The van der Waals surface area contributed by atoms with Crippen molar-refractivity contribution in [3.8, 4) is 16.8 Å². The van der Waals surface area contributed by atoms with Gasteiger partial charge in [0.15, 0.2) is 0 Å². The van der Waals surface area contributed by atoms with Gasteiger partial charge in [0.2, 0.25) is 0 Å². The number of unbranched alkanes of at least 4 members (excludes halogenated alkanes) is 3. The Hall–Kier alpha value is -4.38. The molecule has 0 spiro atoms. The van der Waals surface area contributed by atoms with Crippen LogP contribution in [0.5, 0.6) is 0 Å². The fraction of sp³-hybridized carbons (Fsp3) is 0.308. The smallest absolute Gasteiger partial charge is 0.351 e. The highest BCUT2D eigenvalue weighted by molar-refractivity contribution is 7.90. The summed E-state index contributed by atoms with van der Waals surface area (Å²) < 4.78 is 32.4. The number of nitrogens with zero attached hydrogens (tertiary/aromatic N) is 3. The molecule has 0 atom stereocenters. The van der Waals surface area contributed by atoms with Crippen LogP contribution in [0.4, 0.5) is 5.69 Å². The van der Waals surface area contributed by atoms with Crippen LogP contribution < -0.4 is 15.7 Å². The summed E-state index contributed by atoms with van der Waals surface area (Å²) in [6.45, 7) is 7.32. The Morgan fingerprint density at radius 2 is 1.55 bits per heavy atom. The summed E-state index contributed by atoms with van der Waals surface area (Å²) in [7, 11) is -4.28. The molecule has 268 valence electrons. The molecule has 5 rings (SSSR count). The summed E-state index contributed by atoms with van der Waals surface area (Å²) in [5.74, 6) is -0.163. The molecule has 0 aliphatic rings. The normalized spacial score (nSPS) is 11.5. The zero-order valence-electron chi connectivity index (χ0n) is 29.1. The van der Waals surface area contributed by atoms with Crippen LogP contribution in [-0.4, -0.2) is 35.2 Å². The first-order valence-corrected chi connectivity index (χ1v) is 19.6. The number of nitrogens with one attached hydrogen (secondary N) is 2. The van der Waals surface area contributed by atoms with Crippen molar-refractivity contribution in [2.75, 3.05) is 11.9 Å². The first-order valence-electron chi connectivity index (χ1n) is 17.3. The second-order valence-electron chi connectivity index (χ2n) is 12.4. The van der Waals surface area contributed by atoms with Gasteiger partial charge in [-0.05, 0) is 78.4 Å². The van der Waals surface area contributed by atoms with Gasteiger partial charge in [0, 0.05) is 24.2 Å². The van der Waals surface area contributed by atoms with E-state index < -0.39 is 15.9 Å². The van der Waals surface area contributed by atoms with Crippen LogP contribution in [0.2, 0.25) is 10.0 Å². The number of rotatable bonds is 16. The fourth-order valence-corrected chi connectivity index (χ4v) is 7.37. The van der Waals surface area contributed by atoms with Crippen LogP contribution in [0.3, 0.4) is 0 Å². The van der Waals surface area contributed by atoms with Gasteiger partial charge in [-0.3, -0.25) is 9.36 Å². The van der Waals surface area contributed by atoms with Crippen molar-refractivity contribution < 1.29 is 13.2 Å². The lowest BCUT2D eigenvalue weighted by molar-refractivity contribution is 0.0981. The predicted molar refractivity (Wildman–Crippen MR) is 206 cm³/mol. The van der Waals surface area contributed by atoms with E-state index in [1.807, 2.05) is 49.4 Å². The highest BCUT2D eigenvalue weighted by atomic mass is 35.5. The number of aryl methyl sites for hydroxylation is 2. The van der Waals surface area contributed by atoms with E-state index in [2.05, 4.69) is 23.9 Å². The van der Waals surface area contributed by atoms with E-state index in [9.17, 15) is 18.0 Å². The molecular formula is C39H43Cl2N5O4S. The largest absolute Gasteiger partial charge is 0.385 e. The van der Waals surface area contributed by atoms with Crippen molar-refractivity contribution in [1.29, 1.82) is 0 Å². The van der Waals surface area contributed by atoms with Gasteiger partial charge in [-0.15, -0.1) is 5.10 Å². The second kappa shape index (κ2) is 17.2. The number of hydrogen-bond acceptors (Lipinski definition) is 6. The molecule has 0 bridgehead atoms. The van der Waals surface area contributed by atoms with Crippen molar-refractivity contribution in [2.45, 2.75) is 77.2 Å². The number of halogens is 2. The van der Waals surface area contributed by atoms with E-state index in [-0.39, 0.29) is 27.7 Å². The number of hydrogen-bond donors (Lipinski definition) is 2. The first-order chi connectivity index (χ1) is 24.6. The Bertz CT molecular complexity index is 2160. The molecule has 1 heterocycles. The maximum absolute atomic E-state index is 13.9. The van der Waals surface area contributed by atoms with Crippen molar-refractivity contribution in [1.82, 2.24) is 19.1 Å². The Morgan fingerprint density at radius 1 is 0.824 bits per heavy atom. The van der Waals surface area contributed by atoms with E-state index in [1.165, 1.54) is 22.9 Å². The molecule has 12 heteroatoms. The van der Waals surface area contributed by atoms with Crippen LogP contribution in [0, 0.1) is 0 Å². The number of carbonyl (C=O) groups is 1. The standard InChI is InChI=1S/C39H43Cl2N5O4S/c1-4-7-11-23-42-30-20-21-34(41)35(25-30)46-39(48)45(37(43-46)14-8-5-2)26-28-15-18-29(19-16-28)32-24-27(6-3)17-22-36(32)51(49,50)44-38(47)31-12-9-10-13-33(31)40/h9-10,12-13,15-22,24-25,42H,4-8,11,14,23,26H2,1-3H3,(H,44,47). The number of carbonyl (C=O) groups excluding carboxylic acids is 1. The minimum atomic E-state index is -4.28. The minimum absolute atomic E-state index is 0.0360. The van der Waals surface area contributed by atoms with E-state index >= 15 is 0 Å². The third kappa shape index (κ3) is 9.11. The molecule has 0 radical (unpaired) electrons. The van der Waals surface area contributed by atoms with Crippen molar-refractivity contribution in [3.05, 3.63) is 128 Å². The molecule has 1 amide bonds. The minimum Gasteiger partial charge on any atom is -0.385 e. The highest BCUT2D eigenvalue weighted by Crippen LogP contribution is 2.30. The van der Waals surface area contributed by atoms with E-state index in [0.717, 1.165) is 55.5 Å². The van der Waals surface area contributed by atoms with Gasteiger partial charge in [-0.2, -0.15) is 4.68 Å². The lowest BCUT2D eigenvalue weighted by Gasteiger charge is -2.14. The molecule has 0 aliphatic carbocycles. The van der Waals surface area contributed by atoms with Gasteiger partial charge in [-0.1, -0.05) is 106 Å². The summed E-state index contributed by atoms with van der Waals surface area (Å²) in [6.07, 6.45) is 6.41. The molecule has 2 N–H and O–H groups in total. The van der Waals surface area contributed by atoms with Crippen molar-refractivity contribution in [2.24, 2.45) is 0 Å². The Labute approximate surface area is 309 Å². The summed E-state index contributed by atoms with van der Waals surface area (Å²) in [5.41, 5.74) is 4.01. The zero-order valence-corrected chi connectivity index (χ0v) is 31.4. The first kappa shape index (κ1) is 37.9. The van der Waals surface area contributed by atoms with Crippen LogP contribution in [0.15, 0.2) is 94.6 Å². The van der Waals surface area contributed by atoms with Crippen LogP contribution >= 0.6 is 23.2 Å². The maximum atomic E-state index is 13.9. The van der Waals surface area contributed by atoms with Crippen molar-refractivity contribution in [3.63, 3.8) is 0 Å². The Kier molecular flexibility index (Phi) is 12.8. The molecule has 0 aliphatic heterocycles. The van der Waals surface area contributed by atoms with Gasteiger partial charge in [-0.25, -0.2) is 17.9 Å². The van der Waals surface area contributed by atoms with Gasteiger partial charge >= 0.3 is 5.69 Å². The van der Waals surface area contributed by atoms with Crippen LogP contribution in [0.25, 0.3) is 16.8 Å². The van der Waals surface area contributed by atoms with E-state index in [4.69, 9.17) is 28.3 Å². The van der Waals surface area contributed by atoms with Crippen molar-refractivity contribution >= 4 is 44.8 Å².